The van der Waals surface area contributed by atoms with Crippen LogP contribution in [0.1, 0.15) is 0 Å². The largest absolute Gasteiger partial charge is 0.381 e. The Morgan fingerprint density at radius 2 is 1.25 bits per heavy atom. The van der Waals surface area contributed by atoms with Crippen LogP contribution < -0.4 is 0 Å². The van der Waals surface area contributed by atoms with Gasteiger partial charge in [0, 0.05) is 34.4 Å². The normalized spacial score (nSPS) is 1.00. The summed E-state index contributed by atoms with van der Waals surface area (Å²) in [6.07, 6.45) is 0. The Morgan fingerprint density at radius 1 is 1.25 bits per heavy atom. The second-order valence-corrected chi connectivity index (χ2v) is 0. The minimum Gasteiger partial charge on any atom is -0.381 e. The summed E-state index contributed by atoms with van der Waals surface area (Å²) in [7, 11) is 1.72. The minimum absolute atomic E-state index is 0. The van der Waals surface area contributed by atoms with Crippen LogP contribution in [0.15, 0.2) is 0 Å². The van der Waals surface area contributed by atoms with E-state index in [2.05, 4.69) is 0 Å². The van der Waals surface area contributed by atoms with Gasteiger partial charge in [0.1, 0.15) is 0 Å². The Kier molecular flexibility index (Phi) is 164. The standard InChI is InChI=1S/Cr.Fe.OSi/c;;1-2. The van der Waals surface area contributed by atoms with Crippen molar-refractivity contribution >= 4 is 10.1 Å². The Balaban J connectivity index is -0.00000000500. The maximum atomic E-state index is 8.06. The fourth-order valence-corrected chi connectivity index (χ4v) is 0. The topological polar surface area (TPSA) is 17.1 Å². The molecule has 0 aromatic carbocycles. The molecule has 0 unspecified atom stereocenters. The Labute approximate surface area is 49.2 Å². The molecule has 2 radical (unpaired) electrons. The van der Waals surface area contributed by atoms with Gasteiger partial charge in [0.05, 0.1) is 0 Å². The van der Waals surface area contributed by atoms with Crippen molar-refractivity contribution in [3.8, 4) is 0 Å². The van der Waals surface area contributed by atoms with E-state index >= 15 is 0 Å². The number of hydrogen-bond donors (Lipinski definition) is 0. The summed E-state index contributed by atoms with van der Waals surface area (Å²) in [5.74, 6) is 0. The van der Waals surface area contributed by atoms with Gasteiger partial charge in [-0.1, -0.05) is 0 Å². The second kappa shape index (κ2) is 33.5. The first kappa shape index (κ1) is 19.6. The molecule has 0 atom stereocenters. The quantitative estimate of drug-likeness (QED) is 0.427. The molecule has 0 rings (SSSR count). The molecule has 4 heavy (non-hydrogen) atoms. The Bertz CT molecular complexity index is 8.00. The van der Waals surface area contributed by atoms with Crippen LogP contribution in [-0.4, -0.2) is 10.1 Å². The van der Waals surface area contributed by atoms with Gasteiger partial charge in [-0.25, -0.2) is 0 Å². The molecular weight excluding hydrogens is 152 g/mol. The molecule has 0 aromatic heterocycles. The summed E-state index contributed by atoms with van der Waals surface area (Å²) in [5, 5.41) is 0. The molecule has 1 nitrogen and oxygen atoms in total. The average Bonchev–Trinajstić information content (AvgIpc) is 1.00. The van der Waals surface area contributed by atoms with E-state index in [9.17, 15) is 0 Å². The average molecular weight is 152 g/mol. The Morgan fingerprint density at radius 3 is 1.25 bits per heavy atom. The van der Waals surface area contributed by atoms with Crippen molar-refractivity contribution in [2.24, 2.45) is 0 Å². The van der Waals surface area contributed by atoms with E-state index in [-0.39, 0.29) is 34.4 Å². The molecule has 0 aliphatic carbocycles. The van der Waals surface area contributed by atoms with E-state index in [0.29, 0.717) is 0 Å². The smallest absolute Gasteiger partial charge is 0.381 e. The zero-order valence-corrected chi connectivity index (χ0v) is 5.05. The molecule has 0 N–H and O–H groups in total. The molecule has 0 heterocycles. The summed E-state index contributed by atoms with van der Waals surface area (Å²) < 4.78 is 8.06. The third-order valence-corrected chi connectivity index (χ3v) is 0. The van der Waals surface area contributed by atoms with Crippen molar-refractivity contribution in [1.29, 1.82) is 0 Å². The van der Waals surface area contributed by atoms with Gasteiger partial charge in [0.2, 0.25) is 0 Å². The fraction of sp³-hybridized carbons (Fsp3) is 0. The number of hydrogen-bond acceptors (Lipinski definition) is 1. The van der Waals surface area contributed by atoms with Crippen molar-refractivity contribution in [3.63, 3.8) is 0 Å². The molecule has 0 amide bonds. The van der Waals surface area contributed by atoms with Gasteiger partial charge in [-0.05, 0) is 0 Å². The van der Waals surface area contributed by atoms with Crippen LogP contribution in [0, 0.1) is 0 Å². The van der Waals surface area contributed by atoms with E-state index in [0.717, 1.165) is 0 Å². The van der Waals surface area contributed by atoms with Gasteiger partial charge in [0.25, 0.3) is 0 Å². The molecule has 0 saturated carbocycles. The van der Waals surface area contributed by atoms with E-state index in [1.165, 1.54) is 0 Å². The van der Waals surface area contributed by atoms with Gasteiger partial charge < -0.3 is 4.46 Å². The van der Waals surface area contributed by atoms with Crippen LogP contribution in [0.4, 0.5) is 0 Å². The van der Waals surface area contributed by atoms with E-state index in [1.54, 1.807) is 10.1 Å². The van der Waals surface area contributed by atoms with Gasteiger partial charge in [-0.3, -0.25) is 0 Å². The van der Waals surface area contributed by atoms with Gasteiger partial charge in [-0.2, -0.15) is 0 Å². The predicted molar refractivity (Wildman–Crippen MR) is 6.44 cm³/mol. The molecule has 0 bridgehead atoms. The van der Waals surface area contributed by atoms with Crippen LogP contribution in [0.25, 0.3) is 0 Å². The molecule has 0 spiro atoms. The van der Waals surface area contributed by atoms with Crippen LogP contribution >= 0.6 is 0 Å². The van der Waals surface area contributed by atoms with Crippen LogP contribution in [0.2, 0.25) is 0 Å². The van der Waals surface area contributed by atoms with E-state index < -0.39 is 0 Å². The third-order valence-electron chi connectivity index (χ3n) is 0. The van der Waals surface area contributed by atoms with Gasteiger partial charge in [-0.15, -0.1) is 0 Å². The van der Waals surface area contributed by atoms with Crippen molar-refractivity contribution in [3.05, 3.63) is 0 Å². The summed E-state index contributed by atoms with van der Waals surface area (Å²) >= 11 is 0. The first-order valence-corrected chi connectivity index (χ1v) is 0.612. The molecule has 4 heteroatoms. The van der Waals surface area contributed by atoms with Gasteiger partial charge in [0.15, 0.2) is 0 Å². The van der Waals surface area contributed by atoms with Crippen LogP contribution in [0.5, 0.6) is 0 Å². The number of rotatable bonds is 0. The van der Waals surface area contributed by atoms with Crippen molar-refractivity contribution in [2.75, 3.05) is 0 Å². The first-order valence-electron chi connectivity index (χ1n) is 0.204. The van der Waals surface area contributed by atoms with Crippen LogP contribution in [-0.2, 0) is 38.9 Å². The molecule has 0 aliphatic heterocycles. The van der Waals surface area contributed by atoms with Gasteiger partial charge >= 0.3 is 10.1 Å². The zero-order chi connectivity index (χ0) is 2.00. The maximum Gasteiger partial charge on any atom is 0.381 e. The van der Waals surface area contributed by atoms with E-state index in [1.807, 2.05) is 0 Å². The van der Waals surface area contributed by atoms with Crippen molar-refractivity contribution in [1.82, 2.24) is 0 Å². The maximum absolute atomic E-state index is 8.06. The molecule has 0 saturated heterocycles. The summed E-state index contributed by atoms with van der Waals surface area (Å²) in [6, 6.07) is 0. The molecule has 0 aliphatic rings. The van der Waals surface area contributed by atoms with Crippen molar-refractivity contribution < 1.29 is 38.9 Å². The second-order valence-electron chi connectivity index (χ2n) is 0. The van der Waals surface area contributed by atoms with Crippen molar-refractivity contribution in [2.45, 2.75) is 0 Å². The Hall–Kier alpha value is 1.07. The summed E-state index contributed by atoms with van der Waals surface area (Å²) in [5.41, 5.74) is 0. The SMILES string of the molecule is O=[Si].[Cr].[Fe]. The molecule has 0 aromatic rings. The fourth-order valence-electron chi connectivity index (χ4n) is 0. The molecule has 0 fully saturated rings. The first-order chi connectivity index (χ1) is 1.00. The minimum atomic E-state index is 0. The van der Waals surface area contributed by atoms with E-state index in [4.69, 9.17) is 4.46 Å². The molecule has 24 valence electrons. The zero-order valence-electron chi connectivity index (χ0n) is 1.67. The van der Waals surface area contributed by atoms with Crippen LogP contribution in [0.3, 0.4) is 0 Å². The predicted octanol–water partition coefficient (Wildman–Crippen LogP) is -0.505. The summed E-state index contributed by atoms with van der Waals surface area (Å²) in [6.45, 7) is 0. The summed E-state index contributed by atoms with van der Waals surface area (Å²) in [4.78, 5) is 0. The third kappa shape index (κ3) is 11.5. The molecular formula is CrFeOSi. The monoisotopic (exact) mass is 152 g/mol.